The molecule has 0 aromatic rings. The highest BCUT2D eigenvalue weighted by molar-refractivity contribution is 5.81. The molecule has 0 saturated heterocycles. The van der Waals surface area contributed by atoms with Gasteiger partial charge in [0.1, 0.15) is 0 Å². The zero-order chi connectivity index (χ0) is 13.5. The number of hydrogen-bond donors (Lipinski definition) is 4. The molecule has 0 saturated carbocycles. The summed E-state index contributed by atoms with van der Waals surface area (Å²) in [5, 5.41) is 8.39. The van der Waals surface area contributed by atoms with Gasteiger partial charge in [0.2, 0.25) is 5.91 Å². The van der Waals surface area contributed by atoms with Gasteiger partial charge >= 0.3 is 6.03 Å². The highest BCUT2D eigenvalue weighted by atomic mass is 16.2. The summed E-state index contributed by atoms with van der Waals surface area (Å²) in [4.78, 5) is 22.2. The van der Waals surface area contributed by atoms with Gasteiger partial charge in [0.05, 0.1) is 6.04 Å². The van der Waals surface area contributed by atoms with Crippen molar-refractivity contribution in [2.24, 2.45) is 5.73 Å². The molecule has 0 heterocycles. The first kappa shape index (κ1) is 15.7. The van der Waals surface area contributed by atoms with Gasteiger partial charge in [-0.2, -0.15) is 0 Å². The molecule has 1 unspecified atom stereocenters. The van der Waals surface area contributed by atoms with Gasteiger partial charge < -0.3 is 21.7 Å². The minimum atomic E-state index is -0.559. The molecule has 0 spiro atoms. The summed E-state index contributed by atoms with van der Waals surface area (Å²) in [6.07, 6.45) is 0.870. The van der Waals surface area contributed by atoms with Gasteiger partial charge in [0, 0.05) is 18.6 Å². The van der Waals surface area contributed by atoms with Gasteiger partial charge in [0.25, 0.3) is 0 Å². The fraction of sp³-hybridized carbons (Fsp3) is 0.818. The number of primary amides is 1. The van der Waals surface area contributed by atoms with Crippen LogP contribution in [0.25, 0.3) is 0 Å². The van der Waals surface area contributed by atoms with Gasteiger partial charge in [-0.25, -0.2) is 4.79 Å². The van der Waals surface area contributed by atoms with E-state index in [0.717, 1.165) is 6.42 Å². The van der Waals surface area contributed by atoms with E-state index in [4.69, 9.17) is 5.73 Å². The Kier molecular flexibility index (Phi) is 6.57. The second kappa shape index (κ2) is 7.11. The quantitative estimate of drug-likeness (QED) is 0.472. The summed E-state index contributed by atoms with van der Waals surface area (Å²) in [5.41, 5.74) is 4.72. The van der Waals surface area contributed by atoms with Crippen molar-refractivity contribution in [3.8, 4) is 0 Å². The van der Waals surface area contributed by atoms with Crippen LogP contribution in [0.5, 0.6) is 0 Å². The van der Waals surface area contributed by atoms with Crippen molar-refractivity contribution in [2.45, 2.75) is 45.7 Å². The molecule has 17 heavy (non-hydrogen) atoms. The molecule has 5 N–H and O–H groups in total. The molecule has 0 aromatic heterocycles. The van der Waals surface area contributed by atoms with Crippen molar-refractivity contribution >= 4 is 11.9 Å². The Morgan fingerprint density at radius 2 is 1.88 bits per heavy atom. The van der Waals surface area contributed by atoms with Crippen LogP contribution in [0.3, 0.4) is 0 Å². The van der Waals surface area contributed by atoms with E-state index in [0.29, 0.717) is 13.1 Å². The lowest BCUT2D eigenvalue weighted by Gasteiger charge is -2.26. The monoisotopic (exact) mass is 244 g/mol. The lowest BCUT2D eigenvalue weighted by Crippen LogP contribution is -2.51. The van der Waals surface area contributed by atoms with Crippen molar-refractivity contribution < 1.29 is 9.59 Å². The van der Waals surface area contributed by atoms with Crippen molar-refractivity contribution in [3.05, 3.63) is 0 Å². The number of carbonyl (C=O) groups is 2. The van der Waals surface area contributed by atoms with Crippen LogP contribution < -0.4 is 21.7 Å². The van der Waals surface area contributed by atoms with E-state index in [1.165, 1.54) is 0 Å². The molecular formula is C11H24N4O2. The van der Waals surface area contributed by atoms with E-state index in [1.54, 1.807) is 6.92 Å². The zero-order valence-electron chi connectivity index (χ0n) is 11.1. The van der Waals surface area contributed by atoms with Crippen LogP contribution in [-0.4, -0.2) is 36.6 Å². The Morgan fingerprint density at radius 3 is 2.35 bits per heavy atom. The largest absolute Gasteiger partial charge is 0.352 e. The minimum Gasteiger partial charge on any atom is -0.352 e. The predicted molar refractivity (Wildman–Crippen MR) is 67.6 cm³/mol. The maximum absolute atomic E-state index is 11.8. The lowest BCUT2D eigenvalue weighted by molar-refractivity contribution is -0.124. The van der Waals surface area contributed by atoms with Crippen LogP contribution in [0.1, 0.15) is 34.1 Å². The number of nitrogens with one attached hydrogen (secondary N) is 3. The summed E-state index contributed by atoms with van der Waals surface area (Å²) in [5.74, 6) is -0.0454. The van der Waals surface area contributed by atoms with E-state index in [-0.39, 0.29) is 17.5 Å². The first-order valence-corrected chi connectivity index (χ1v) is 5.87. The van der Waals surface area contributed by atoms with E-state index >= 15 is 0 Å². The Balaban J connectivity index is 3.86. The van der Waals surface area contributed by atoms with Gasteiger partial charge in [-0.05, 0) is 27.2 Å². The van der Waals surface area contributed by atoms with Crippen molar-refractivity contribution in [1.82, 2.24) is 16.0 Å². The van der Waals surface area contributed by atoms with E-state index in [1.807, 2.05) is 20.8 Å². The molecule has 0 aliphatic rings. The third-order valence-corrected chi connectivity index (χ3v) is 2.61. The summed E-state index contributed by atoms with van der Waals surface area (Å²) < 4.78 is 0. The Hall–Kier alpha value is -1.30. The molecule has 0 aromatic carbocycles. The second-order valence-electron chi connectivity index (χ2n) is 4.69. The molecule has 6 nitrogen and oxygen atoms in total. The molecule has 100 valence electrons. The summed E-state index contributed by atoms with van der Waals surface area (Å²) in [6.45, 7) is 8.67. The number of carbonyl (C=O) groups excluding carboxylic acids is 2. The number of nitrogens with two attached hydrogens (primary N) is 1. The van der Waals surface area contributed by atoms with Gasteiger partial charge in [-0.15, -0.1) is 0 Å². The van der Waals surface area contributed by atoms with Crippen LogP contribution in [0.2, 0.25) is 0 Å². The number of amides is 3. The normalized spacial score (nSPS) is 12.9. The standard InChI is InChI=1S/C11H24N4O2/c1-5-11(3,4)15-9(16)8(2)13-6-7-14-10(12)17/h8,13H,5-7H2,1-4H3,(H,15,16)(H3,12,14,17). The van der Waals surface area contributed by atoms with Crippen LogP contribution in [-0.2, 0) is 4.79 Å². The van der Waals surface area contributed by atoms with Crippen LogP contribution in [0.4, 0.5) is 4.79 Å². The van der Waals surface area contributed by atoms with Crippen LogP contribution in [0, 0.1) is 0 Å². The van der Waals surface area contributed by atoms with E-state index < -0.39 is 6.03 Å². The maximum Gasteiger partial charge on any atom is 0.312 e. The molecule has 0 aliphatic carbocycles. The molecule has 0 bridgehead atoms. The van der Waals surface area contributed by atoms with Crippen molar-refractivity contribution in [2.75, 3.05) is 13.1 Å². The molecule has 0 aliphatic heterocycles. The Bertz CT molecular complexity index is 266. The summed E-state index contributed by atoms with van der Waals surface area (Å²) in [7, 11) is 0. The highest BCUT2D eigenvalue weighted by Gasteiger charge is 2.21. The predicted octanol–water partition coefficient (Wildman–Crippen LogP) is -0.0624. The summed E-state index contributed by atoms with van der Waals surface area (Å²) >= 11 is 0. The summed E-state index contributed by atoms with van der Waals surface area (Å²) in [6, 6.07) is -0.855. The fourth-order valence-electron chi connectivity index (χ4n) is 1.10. The van der Waals surface area contributed by atoms with Gasteiger partial charge in [0.15, 0.2) is 0 Å². The van der Waals surface area contributed by atoms with Crippen molar-refractivity contribution in [3.63, 3.8) is 0 Å². The average Bonchev–Trinajstić information content (AvgIpc) is 2.23. The number of urea groups is 1. The number of hydrogen-bond acceptors (Lipinski definition) is 3. The molecule has 0 rings (SSSR count). The van der Waals surface area contributed by atoms with Gasteiger partial charge in [-0.3, -0.25) is 4.79 Å². The lowest BCUT2D eigenvalue weighted by atomic mass is 10.0. The van der Waals surface area contributed by atoms with Crippen LogP contribution >= 0.6 is 0 Å². The van der Waals surface area contributed by atoms with E-state index in [2.05, 4.69) is 16.0 Å². The third kappa shape index (κ3) is 7.57. The SMILES string of the molecule is CCC(C)(C)NC(=O)C(C)NCCNC(N)=O. The Morgan fingerprint density at radius 1 is 1.29 bits per heavy atom. The van der Waals surface area contributed by atoms with E-state index in [9.17, 15) is 9.59 Å². The smallest absolute Gasteiger partial charge is 0.312 e. The zero-order valence-corrected chi connectivity index (χ0v) is 11.1. The molecule has 0 radical (unpaired) electrons. The molecular weight excluding hydrogens is 220 g/mol. The molecule has 6 heteroatoms. The minimum absolute atomic E-state index is 0.0454. The third-order valence-electron chi connectivity index (χ3n) is 2.61. The Labute approximate surface area is 103 Å². The fourth-order valence-corrected chi connectivity index (χ4v) is 1.10. The topological polar surface area (TPSA) is 96.2 Å². The van der Waals surface area contributed by atoms with Crippen molar-refractivity contribution in [1.29, 1.82) is 0 Å². The van der Waals surface area contributed by atoms with Gasteiger partial charge in [-0.1, -0.05) is 6.92 Å². The van der Waals surface area contributed by atoms with Crippen LogP contribution in [0.15, 0.2) is 0 Å². The second-order valence-corrected chi connectivity index (χ2v) is 4.69. The maximum atomic E-state index is 11.8. The number of rotatable bonds is 7. The first-order chi connectivity index (χ1) is 7.78. The highest BCUT2D eigenvalue weighted by Crippen LogP contribution is 2.06. The molecule has 1 atom stereocenters. The molecule has 3 amide bonds. The molecule has 0 fully saturated rings. The first-order valence-electron chi connectivity index (χ1n) is 5.87. The average molecular weight is 244 g/mol.